The van der Waals surface area contributed by atoms with Crippen molar-refractivity contribution in [2.24, 2.45) is 0 Å². The Hall–Kier alpha value is -2.49. The molecule has 3 rings (SSSR count). The Kier molecular flexibility index (Phi) is 5.92. The van der Waals surface area contributed by atoms with Gasteiger partial charge in [-0.15, -0.1) is 0 Å². The lowest BCUT2D eigenvalue weighted by Crippen LogP contribution is -2.26. The number of anilines is 2. The second-order valence-electron chi connectivity index (χ2n) is 8.97. The second-order valence-corrected chi connectivity index (χ2v) is 8.97. The number of carbonyl (C=O) groups excluding carboxylic acids is 1. The zero-order valence-corrected chi connectivity index (χ0v) is 18.7. The van der Waals surface area contributed by atoms with Gasteiger partial charge in [0.25, 0.3) is 0 Å². The van der Waals surface area contributed by atoms with Gasteiger partial charge in [-0.3, -0.25) is 0 Å². The zero-order valence-electron chi connectivity index (χ0n) is 18.7. The van der Waals surface area contributed by atoms with Crippen molar-refractivity contribution in [3.63, 3.8) is 0 Å². The van der Waals surface area contributed by atoms with Gasteiger partial charge in [0.1, 0.15) is 5.75 Å². The number of rotatable bonds is 6. The van der Waals surface area contributed by atoms with Crippen LogP contribution < -0.4 is 9.64 Å². The minimum absolute atomic E-state index is 0.00853. The molecular formula is C25H33NO3. The topological polar surface area (TPSA) is 38.8 Å². The van der Waals surface area contributed by atoms with E-state index >= 15 is 0 Å². The Morgan fingerprint density at radius 1 is 1.10 bits per heavy atom. The van der Waals surface area contributed by atoms with Crippen LogP contribution in [0.15, 0.2) is 36.4 Å². The summed E-state index contributed by atoms with van der Waals surface area (Å²) >= 11 is 0. The fourth-order valence-electron chi connectivity index (χ4n) is 3.92. The monoisotopic (exact) mass is 395 g/mol. The third-order valence-electron chi connectivity index (χ3n) is 5.48. The maximum Gasteiger partial charge on any atom is 0.338 e. The highest BCUT2D eigenvalue weighted by Gasteiger charge is 2.35. The van der Waals surface area contributed by atoms with Gasteiger partial charge in [-0.05, 0) is 68.7 Å². The van der Waals surface area contributed by atoms with Crippen LogP contribution >= 0.6 is 0 Å². The molecular weight excluding hydrogens is 362 g/mol. The molecule has 0 fully saturated rings. The van der Waals surface area contributed by atoms with Crippen LogP contribution in [0.4, 0.5) is 11.4 Å². The van der Waals surface area contributed by atoms with E-state index in [9.17, 15) is 4.79 Å². The van der Waals surface area contributed by atoms with Crippen LogP contribution in [0, 0.1) is 0 Å². The Morgan fingerprint density at radius 2 is 1.76 bits per heavy atom. The second kappa shape index (κ2) is 8.10. The lowest BCUT2D eigenvalue weighted by Gasteiger charge is -2.31. The Morgan fingerprint density at radius 3 is 2.31 bits per heavy atom. The lowest BCUT2D eigenvalue weighted by atomic mass is 9.84. The SMILES string of the molecule is CCOC(=O)c1ccc(N(c2cc(C(C)C)c3c(c2)C(C)(C)CO3)C(C)C)cc1. The van der Waals surface area contributed by atoms with Gasteiger partial charge in [-0.25, -0.2) is 4.79 Å². The number of esters is 1. The molecule has 0 radical (unpaired) electrons. The van der Waals surface area contributed by atoms with Crippen molar-refractivity contribution in [1.82, 2.24) is 0 Å². The van der Waals surface area contributed by atoms with Crippen molar-refractivity contribution < 1.29 is 14.3 Å². The first-order chi connectivity index (χ1) is 13.7. The summed E-state index contributed by atoms with van der Waals surface area (Å²) in [6.45, 7) is 16.2. The first kappa shape index (κ1) is 21.2. The van der Waals surface area contributed by atoms with Crippen LogP contribution in [0.25, 0.3) is 0 Å². The average molecular weight is 396 g/mol. The standard InChI is InChI=1S/C25H33NO3/c1-8-28-24(27)18-9-11-19(12-10-18)26(17(4)5)20-13-21(16(2)3)23-22(14-20)25(6,7)15-29-23/h9-14,16-17H,8,15H2,1-7H3. The van der Waals surface area contributed by atoms with E-state index in [4.69, 9.17) is 9.47 Å². The Bertz CT molecular complexity index is 882. The molecule has 0 aromatic heterocycles. The van der Waals surface area contributed by atoms with Crippen molar-refractivity contribution in [2.75, 3.05) is 18.1 Å². The molecule has 0 spiro atoms. The van der Waals surface area contributed by atoms with Crippen LogP contribution in [-0.2, 0) is 10.2 Å². The predicted molar refractivity (Wildman–Crippen MR) is 119 cm³/mol. The maximum absolute atomic E-state index is 12.0. The number of hydrogen-bond donors (Lipinski definition) is 0. The van der Waals surface area contributed by atoms with E-state index in [1.165, 1.54) is 11.1 Å². The zero-order chi connectivity index (χ0) is 21.3. The molecule has 156 valence electrons. The van der Waals surface area contributed by atoms with Crippen LogP contribution in [-0.4, -0.2) is 25.2 Å². The van der Waals surface area contributed by atoms with E-state index in [-0.39, 0.29) is 17.4 Å². The largest absolute Gasteiger partial charge is 0.492 e. The molecule has 0 saturated heterocycles. The van der Waals surface area contributed by atoms with E-state index in [1.54, 1.807) is 0 Å². The summed E-state index contributed by atoms with van der Waals surface area (Å²) in [4.78, 5) is 14.3. The summed E-state index contributed by atoms with van der Waals surface area (Å²) < 4.78 is 11.2. The van der Waals surface area contributed by atoms with Gasteiger partial charge in [0.05, 0.1) is 18.8 Å². The van der Waals surface area contributed by atoms with Crippen LogP contribution in [0.1, 0.15) is 75.9 Å². The summed E-state index contributed by atoms with van der Waals surface area (Å²) in [5, 5.41) is 0. The molecule has 2 aromatic rings. The summed E-state index contributed by atoms with van der Waals surface area (Å²) in [7, 11) is 0. The minimum atomic E-state index is -0.284. The number of carbonyl (C=O) groups is 1. The molecule has 29 heavy (non-hydrogen) atoms. The molecule has 2 aromatic carbocycles. The van der Waals surface area contributed by atoms with E-state index in [0.29, 0.717) is 24.7 Å². The fourth-order valence-corrected chi connectivity index (χ4v) is 3.92. The molecule has 0 saturated carbocycles. The van der Waals surface area contributed by atoms with E-state index < -0.39 is 0 Å². The third kappa shape index (κ3) is 4.12. The number of benzene rings is 2. The highest BCUT2D eigenvalue weighted by molar-refractivity contribution is 5.90. The highest BCUT2D eigenvalue weighted by Crippen LogP contribution is 2.46. The van der Waals surface area contributed by atoms with Gasteiger partial charge >= 0.3 is 5.97 Å². The average Bonchev–Trinajstić information content (AvgIpc) is 2.96. The molecule has 4 heteroatoms. The summed E-state index contributed by atoms with van der Waals surface area (Å²) in [6, 6.07) is 12.5. The number of ether oxygens (including phenoxy) is 2. The number of hydrogen-bond acceptors (Lipinski definition) is 4. The van der Waals surface area contributed by atoms with Crippen molar-refractivity contribution >= 4 is 17.3 Å². The normalized spacial score (nSPS) is 14.7. The third-order valence-corrected chi connectivity index (χ3v) is 5.48. The van der Waals surface area contributed by atoms with E-state index in [2.05, 4.69) is 58.6 Å². The Balaban J connectivity index is 2.06. The summed E-state index contributed by atoms with van der Waals surface area (Å²) in [5.41, 5.74) is 5.30. The van der Waals surface area contributed by atoms with E-state index in [0.717, 1.165) is 17.1 Å². The fraction of sp³-hybridized carbons (Fsp3) is 0.480. The van der Waals surface area contributed by atoms with E-state index in [1.807, 2.05) is 31.2 Å². The molecule has 0 amide bonds. The molecule has 4 nitrogen and oxygen atoms in total. The van der Waals surface area contributed by atoms with Crippen LogP contribution in [0.3, 0.4) is 0 Å². The van der Waals surface area contributed by atoms with Gasteiger partial charge in [0, 0.05) is 28.4 Å². The van der Waals surface area contributed by atoms with Gasteiger partial charge in [-0.2, -0.15) is 0 Å². The van der Waals surface area contributed by atoms with Gasteiger partial charge in [-0.1, -0.05) is 27.7 Å². The first-order valence-corrected chi connectivity index (χ1v) is 10.5. The van der Waals surface area contributed by atoms with Gasteiger partial charge < -0.3 is 14.4 Å². The molecule has 0 bridgehead atoms. The Labute approximate surface area is 174 Å². The van der Waals surface area contributed by atoms with Crippen molar-refractivity contribution in [1.29, 1.82) is 0 Å². The lowest BCUT2D eigenvalue weighted by molar-refractivity contribution is 0.0526. The first-order valence-electron chi connectivity index (χ1n) is 10.5. The van der Waals surface area contributed by atoms with Gasteiger partial charge in [0.15, 0.2) is 0 Å². The van der Waals surface area contributed by atoms with Crippen molar-refractivity contribution in [3.8, 4) is 5.75 Å². The predicted octanol–water partition coefficient (Wildman–Crippen LogP) is 6.20. The number of nitrogens with zero attached hydrogens (tertiary/aromatic N) is 1. The summed E-state index contributed by atoms with van der Waals surface area (Å²) in [6.07, 6.45) is 0. The molecule has 1 heterocycles. The smallest absolute Gasteiger partial charge is 0.338 e. The van der Waals surface area contributed by atoms with Crippen molar-refractivity contribution in [2.45, 2.75) is 65.8 Å². The molecule has 1 aliphatic rings. The summed E-state index contributed by atoms with van der Waals surface area (Å²) in [5.74, 6) is 1.14. The quantitative estimate of drug-likeness (QED) is 0.546. The molecule has 0 aliphatic carbocycles. The number of fused-ring (bicyclic) bond motifs is 1. The van der Waals surface area contributed by atoms with Crippen molar-refractivity contribution in [3.05, 3.63) is 53.1 Å². The highest BCUT2D eigenvalue weighted by atomic mass is 16.5. The minimum Gasteiger partial charge on any atom is -0.492 e. The van der Waals surface area contributed by atoms with Crippen LogP contribution in [0.2, 0.25) is 0 Å². The molecule has 0 N–H and O–H groups in total. The maximum atomic E-state index is 12.0. The van der Waals surface area contributed by atoms with Gasteiger partial charge in [0.2, 0.25) is 0 Å². The molecule has 0 atom stereocenters. The van der Waals surface area contributed by atoms with Crippen LogP contribution in [0.5, 0.6) is 5.75 Å². The molecule has 0 unspecified atom stereocenters. The molecule has 1 aliphatic heterocycles.